The van der Waals surface area contributed by atoms with Gasteiger partial charge in [0.1, 0.15) is 0 Å². The van der Waals surface area contributed by atoms with Gasteiger partial charge in [0.2, 0.25) is 0 Å². The van der Waals surface area contributed by atoms with Crippen LogP contribution in [0.25, 0.3) is 0 Å². The molecule has 0 amide bonds. The Labute approximate surface area is 209 Å². The third kappa shape index (κ3) is 6.08. The third-order valence-corrected chi connectivity index (χ3v) is 10.00. The first-order chi connectivity index (χ1) is 15.4. The molecule has 4 heteroatoms. The van der Waals surface area contributed by atoms with Crippen molar-refractivity contribution in [2.45, 2.75) is 61.8 Å². The molecule has 0 aromatic heterocycles. The number of nitroso groups, excluding NO2 is 1. The van der Waals surface area contributed by atoms with Crippen LogP contribution in [0.1, 0.15) is 59.1 Å². The maximum absolute atomic E-state index is 12.0. The molecule has 0 radical (unpaired) electrons. The fourth-order valence-corrected chi connectivity index (χ4v) is 6.89. The van der Waals surface area contributed by atoms with E-state index in [9.17, 15) is 4.91 Å². The van der Waals surface area contributed by atoms with Crippen LogP contribution in [0.5, 0.6) is 0 Å². The van der Waals surface area contributed by atoms with Gasteiger partial charge in [-0.3, -0.25) is 0 Å². The van der Waals surface area contributed by atoms with Crippen molar-refractivity contribution in [2.24, 2.45) is 26.9 Å². The Morgan fingerprint density at radius 3 is 2.15 bits per heavy atom. The summed E-state index contributed by atoms with van der Waals surface area (Å²) in [4.78, 5) is 16.9. The minimum atomic E-state index is -0.369. The average molecular weight is 556 g/mol. The number of rotatable bonds is 5. The molecule has 3 rings (SSSR count). The van der Waals surface area contributed by atoms with Crippen LogP contribution in [0.3, 0.4) is 0 Å². The molecule has 0 saturated carbocycles. The molecule has 0 fully saturated rings. The molecule has 1 atom stereocenters. The van der Waals surface area contributed by atoms with Crippen LogP contribution in [0.2, 0.25) is 0 Å². The van der Waals surface area contributed by atoms with Crippen molar-refractivity contribution in [3.63, 3.8) is 0 Å². The molecule has 0 N–H and O–H groups in total. The van der Waals surface area contributed by atoms with Gasteiger partial charge in [0, 0.05) is 0 Å². The van der Waals surface area contributed by atoms with Gasteiger partial charge in [-0.15, -0.1) is 0 Å². The fraction of sp³-hybridized carbons (Fsp3) is 0.414. The SMILES string of the molecule is Cc1cccc(C)c1[I-]c1ccccc1N=CC1=C(N=O)C(C(C)(C)C)CC(C(C)(C)C)=C1. The molecule has 2 aromatic rings. The summed E-state index contributed by atoms with van der Waals surface area (Å²) in [6, 6.07) is 14.9. The number of nitrogens with zero attached hydrogens (tertiary/aromatic N) is 2. The molecule has 0 saturated heterocycles. The van der Waals surface area contributed by atoms with Crippen LogP contribution in [0, 0.1) is 42.6 Å². The monoisotopic (exact) mass is 555 g/mol. The number of benzene rings is 2. The normalized spacial score (nSPS) is 17.6. The van der Waals surface area contributed by atoms with Crippen molar-refractivity contribution in [1.82, 2.24) is 0 Å². The summed E-state index contributed by atoms with van der Waals surface area (Å²) in [6.07, 6.45) is 4.87. The van der Waals surface area contributed by atoms with E-state index in [1.165, 1.54) is 23.8 Å². The number of hydrogen-bond acceptors (Lipinski definition) is 3. The third-order valence-electron chi connectivity index (χ3n) is 6.26. The number of aliphatic imine (C=N–C) groups is 1. The summed E-state index contributed by atoms with van der Waals surface area (Å²) in [7, 11) is 0. The van der Waals surface area contributed by atoms with Crippen LogP contribution < -0.4 is 21.2 Å². The predicted octanol–water partition coefficient (Wildman–Crippen LogP) is 5.19. The summed E-state index contributed by atoms with van der Waals surface area (Å²) in [6.45, 7) is 17.6. The molecular formula is C29H36IN2O-. The number of halogens is 1. The van der Waals surface area contributed by atoms with E-state index in [1.807, 2.05) is 12.3 Å². The Bertz CT molecular complexity index is 1110. The van der Waals surface area contributed by atoms with Crippen molar-refractivity contribution >= 4 is 11.9 Å². The standard InChI is InChI=1S/C29H36IN2O/c1-19-12-11-13-20(2)26(19)30-24-14-9-10-15-25(24)31-18-21-16-22(28(3,4)5)17-23(27(21)32-33)29(6,7)8/h9-16,18,23H,17H2,1-8H3/q-1. The first-order valence-electron chi connectivity index (χ1n) is 11.5. The van der Waals surface area contributed by atoms with Gasteiger partial charge in [0.25, 0.3) is 0 Å². The van der Waals surface area contributed by atoms with Gasteiger partial charge in [-0.2, -0.15) is 0 Å². The quantitative estimate of drug-likeness (QED) is 0.285. The van der Waals surface area contributed by atoms with Crippen LogP contribution >= 0.6 is 0 Å². The zero-order valence-corrected chi connectivity index (χ0v) is 23.3. The molecule has 0 aliphatic heterocycles. The molecular weight excluding hydrogens is 519 g/mol. The summed E-state index contributed by atoms with van der Waals surface area (Å²) >= 11 is -0.369. The summed E-state index contributed by atoms with van der Waals surface area (Å²) in [5, 5.41) is 3.52. The zero-order valence-electron chi connectivity index (χ0n) is 21.2. The predicted molar refractivity (Wildman–Crippen MR) is 136 cm³/mol. The first kappa shape index (κ1) is 25.5. The van der Waals surface area contributed by atoms with Crippen molar-refractivity contribution in [3.8, 4) is 0 Å². The Balaban J connectivity index is 2.05. The van der Waals surface area contributed by atoms with Gasteiger partial charge in [0.15, 0.2) is 0 Å². The number of aryl methyl sites for hydroxylation is 2. The van der Waals surface area contributed by atoms with Crippen LogP contribution in [-0.4, -0.2) is 6.21 Å². The van der Waals surface area contributed by atoms with Gasteiger partial charge >= 0.3 is 210 Å². The van der Waals surface area contributed by atoms with Gasteiger partial charge in [0.05, 0.1) is 0 Å². The Hall–Kier alpha value is -2.08. The Morgan fingerprint density at radius 1 is 0.939 bits per heavy atom. The van der Waals surface area contributed by atoms with Crippen LogP contribution in [0.15, 0.2) is 75.6 Å². The van der Waals surface area contributed by atoms with E-state index in [0.29, 0.717) is 5.70 Å². The molecule has 33 heavy (non-hydrogen) atoms. The Morgan fingerprint density at radius 2 is 1.58 bits per heavy atom. The maximum atomic E-state index is 12.0. The molecule has 1 unspecified atom stereocenters. The van der Waals surface area contributed by atoms with E-state index in [-0.39, 0.29) is 38.0 Å². The van der Waals surface area contributed by atoms with E-state index >= 15 is 0 Å². The molecule has 0 heterocycles. The molecule has 1 aliphatic carbocycles. The van der Waals surface area contributed by atoms with E-state index in [4.69, 9.17) is 4.99 Å². The molecule has 0 spiro atoms. The van der Waals surface area contributed by atoms with Gasteiger partial charge in [-0.1, -0.05) is 0 Å². The van der Waals surface area contributed by atoms with E-state index in [1.54, 1.807) is 0 Å². The molecule has 1 aliphatic rings. The molecule has 2 aromatic carbocycles. The van der Waals surface area contributed by atoms with E-state index < -0.39 is 0 Å². The van der Waals surface area contributed by atoms with Crippen molar-refractivity contribution < 1.29 is 21.2 Å². The fourth-order valence-electron chi connectivity index (χ4n) is 4.12. The number of allylic oxidation sites excluding steroid dienone is 4. The number of para-hydroxylation sites is 1. The zero-order chi connectivity index (χ0) is 24.4. The summed E-state index contributed by atoms with van der Waals surface area (Å²) < 4.78 is 2.74. The summed E-state index contributed by atoms with van der Waals surface area (Å²) in [5.74, 6) is 0.0768. The second-order valence-corrected chi connectivity index (χ2v) is 13.8. The van der Waals surface area contributed by atoms with Gasteiger partial charge in [-0.25, -0.2) is 0 Å². The number of hydrogen-bond donors (Lipinski definition) is 0. The Kier molecular flexibility index (Phi) is 7.77. The topological polar surface area (TPSA) is 41.8 Å². The van der Waals surface area contributed by atoms with E-state index in [2.05, 4.69) is 103 Å². The second kappa shape index (κ2) is 10.0. The van der Waals surface area contributed by atoms with Crippen molar-refractivity contribution in [1.29, 1.82) is 0 Å². The molecule has 0 bridgehead atoms. The second-order valence-electron chi connectivity index (χ2n) is 11.0. The van der Waals surface area contributed by atoms with Crippen LogP contribution in [-0.2, 0) is 0 Å². The van der Waals surface area contributed by atoms with Crippen molar-refractivity contribution in [2.75, 3.05) is 0 Å². The van der Waals surface area contributed by atoms with Crippen LogP contribution in [0.4, 0.5) is 5.69 Å². The van der Waals surface area contributed by atoms with Gasteiger partial charge < -0.3 is 0 Å². The minimum absolute atomic E-state index is 0.0305. The summed E-state index contributed by atoms with van der Waals surface area (Å²) in [5.41, 5.74) is 6.45. The first-order valence-corrected chi connectivity index (χ1v) is 13.7. The van der Waals surface area contributed by atoms with Gasteiger partial charge in [-0.05, 0) is 0 Å². The van der Waals surface area contributed by atoms with E-state index in [0.717, 1.165) is 17.7 Å². The molecule has 176 valence electrons. The molecule has 3 nitrogen and oxygen atoms in total. The van der Waals surface area contributed by atoms with Crippen molar-refractivity contribution in [3.05, 3.63) is 88.6 Å². The average Bonchev–Trinajstić information content (AvgIpc) is 2.73.